The molecule has 5 heteroatoms. The molecule has 0 aromatic carbocycles. The second kappa shape index (κ2) is 9.10. The van der Waals surface area contributed by atoms with Crippen LogP contribution in [0.15, 0.2) is 0 Å². The van der Waals surface area contributed by atoms with Crippen LogP contribution in [0.4, 0.5) is 5.82 Å². The third kappa shape index (κ3) is 5.74. The molecule has 0 unspecified atom stereocenters. The number of ether oxygens (including phenoxy) is 1. The molecule has 0 radical (unpaired) electrons. The SMILES string of the molecule is CCCc1nc(Cl)c(C)c(NCCCCCOC)n1. The molecule has 0 aliphatic rings. The fourth-order valence-electron chi connectivity index (χ4n) is 1.80. The van der Waals surface area contributed by atoms with Crippen LogP contribution in [0.2, 0.25) is 5.15 Å². The van der Waals surface area contributed by atoms with E-state index < -0.39 is 0 Å². The highest BCUT2D eigenvalue weighted by Crippen LogP contribution is 2.20. The molecule has 0 bridgehead atoms. The minimum atomic E-state index is 0.556. The van der Waals surface area contributed by atoms with Gasteiger partial charge in [-0.1, -0.05) is 18.5 Å². The van der Waals surface area contributed by atoms with E-state index in [0.29, 0.717) is 5.15 Å². The fourth-order valence-corrected chi connectivity index (χ4v) is 1.98. The molecular weight excluding hydrogens is 262 g/mol. The Kier molecular flexibility index (Phi) is 7.75. The summed E-state index contributed by atoms with van der Waals surface area (Å²) in [5.74, 6) is 1.69. The molecular formula is C14H24ClN3O. The van der Waals surface area contributed by atoms with Gasteiger partial charge >= 0.3 is 0 Å². The van der Waals surface area contributed by atoms with Crippen molar-refractivity contribution in [3.8, 4) is 0 Å². The fraction of sp³-hybridized carbons (Fsp3) is 0.714. The van der Waals surface area contributed by atoms with Gasteiger partial charge in [0.05, 0.1) is 0 Å². The van der Waals surface area contributed by atoms with Gasteiger partial charge in [0, 0.05) is 32.2 Å². The number of methoxy groups -OCH3 is 1. The zero-order valence-electron chi connectivity index (χ0n) is 12.1. The zero-order chi connectivity index (χ0) is 14.1. The van der Waals surface area contributed by atoms with Gasteiger partial charge < -0.3 is 10.1 Å². The molecule has 0 amide bonds. The quantitative estimate of drug-likeness (QED) is 0.556. The summed E-state index contributed by atoms with van der Waals surface area (Å²) in [6.07, 6.45) is 5.25. The van der Waals surface area contributed by atoms with Gasteiger partial charge in [-0.05, 0) is 32.6 Å². The minimum Gasteiger partial charge on any atom is -0.385 e. The molecule has 1 heterocycles. The van der Waals surface area contributed by atoms with Crippen molar-refractivity contribution >= 4 is 17.4 Å². The Bertz CT molecular complexity index is 385. The highest BCUT2D eigenvalue weighted by atomic mass is 35.5. The molecule has 0 fully saturated rings. The lowest BCUT2D eigenvalue weighted by molar-refractivity contribution is 0.192. The van der Waals surface area contributed by atoms with E-state index in [2.05, 4.69) is 22.2 Å². The van der Waals surface area contributed by atoms with E-state index in [0.717, 1.165) is 62.5 Å². The number of aromatic nitrogens is 2. The van der Waals surface area contributed by atoms with E-state index in [1.165, 1.54) is 0 Å². The summed E-state index contributed by atoms with van der Waals surface area (Å²) >= 11 is 6.13. The number of anilines is 1. The summed E-state index contributed by atoms with van der Waals surface area (Å²) in [5, 5.41) is 3.91. The predicted octanol–water partition coefficient (Wildman–Crippen LogP) is 3.62. The number of halogens is 1. The van der Waals surface area contributed by atoms with Crippen LogP contribution in [0.1, 0.15) is 44.0 Å². The van der Waals surface area contributed by atoms with Crippen LogP contribution >= 0.6 is 11.6 Å². The summed E-state index contributed by atoms with van der Waals surface area (Å²) in [6, 6.07) is 0. The Balaban J connectivity index is 2.47. The first-order chi connectivity index (χ1) is 9.19. The van der Waals surface area contributed by atoms with Crippen LogP contribution in [0.3, 0.4) is 0 Å². The molecule has 1 N–H and O–H groups in total. The topological polar surface area (TPSA) is 47.0 Å². The van der Waals surface area contributed by atoms with E-state index in [-0.39, 0.29) is 0 Å². The normalized spacial score (nSPS) is 10.7. The van der Waals surface area contributed by atoms with Gasteiger partial charge in [-0.15, -0.1) is 0 Å². The molecule has 0 saturated heterocycles. The van der Waals surface area contributed by atoms with E-state index in [9.17, 15) is 0 Å². The van der Waals surface area contributed by atoms with E-state index in [1.807, 2.05) is 6.92 Å². The van der Waals surface area contributed by atoms with Gasteiger partial charge in [0.25, 0.3) is 0 Å². The van der Waals surface area contributed by atoms with Crippen molar-refractivity contribution in [3.63, 3.8) is 0 Å². The molecule has 4 nitrogen and oxygen atoms in total. The zero-order valence-corrected chi connectivity index (χ0v) is 12.9. The Morgan fingerprint density at radius 1 is 1.21 bits per heavy atom. The maximum atomic E-state index is 6.13. The number of hydrogen-bond acceptors (Lipinski definition) is 4. The Labute approximate surface area is 120 Å². The Hall–Kier alpha value is -0.870. The lowest BCUT2D eigenvalue weighted by atomic mass is 10.2. The molecule has 1 aromatic rings. The molecule has 0 aliphatic heterocycles. The summed E-state index contributed by atoms with van der Waals surface area (Å²) in [5.41, 5.74) is 0.929. The van der Waals surface area contributed by atoms with Crippen LogP contribution < -0.4 is 5.32 Å². The standard InChI is InChI=1S/C14H24ClN3O/c1-4-8-12-17-13(15)11(2)14(18-12)16-9-6-5-7-10-19-3/h4-10H2,1-3H3,(H,16,17,18). The summed E-state index contributed by atoms with van der Waals surface area (Å²) in [6.45, 7) is 5.80. The van der Waals surface area contributed by atoms with Crippen LogP contribution in [-0.4, -0.2) is 30.2 Å². The average Bonchev–Trinajstić information content (AvgIpc) is 2.39. The van der Waals surface area contributed by atoms with Crippen molar-refractivity contribution in [1.82, 2.24) is 9.97 Å². The highest BCUT2D eigenvalue weighted by Gasteiger charge is 2.08. The second-order valence-electron chi connectivity index (χ2n) is 4.63. The average molecular weight is 286 g/mol. The number of nitrogens with one attached hydrogen (secondary N) is 1. The Morgan fingerprint density at radius 3 is 2.68 bits per heavy atom. The number of hydrogen-bond donors (Lipinski definition) is 1. The van der Waals surface area contributed by atoms with Crippen molar-refractivity contribution in [2.24, 2.45) is 0 Å². The van der Waals surface area contributed by atoms with Crippen LogP contribution in [0.5, 0.6) is 0 Å². The number of nitrogens with zero attached hydrogens (tertiary/aromatic N) is 2. The number of aryl methyl sites for hydroxylation is 1. The lowest BCUT2D eigenvalue weighted by Crippen LogP contribution is -2.09. The molecule has 1 aromatic heterocycles. The van der Waals surface area contributed by atoms with Crippen molar-refractivity contribution in [1.29, 1.82) is 0 Å². The van der Waals surface area contributed by atoms with Gasteiger partial charge in [0.2, 0.25) is 0 Å². The highest BCUT2D eigenvalue weighted by molar-refractivity contribution is 6.30. The second-order valence-corrected chi connectivity index (χ2v) is 4.99. The molecule has 0 saturated carbocycles. The predicted molar refractivity (Wildman–Crippen MR) is 80.0 cm³/mol. The van der Waals surface area contributed by atoms with E-state index in [4.69, 9.17) is 16.3 Å². The Morgan fingerprint density at radius 2 is 2.00 bits per heavy atom. The smallest absolute Gasteiger partial charge is 0.137 e. The summed E-state index contributed by atoms with van der Waals surface area (Å²) in [4.78, 5) is 8.82. The number of rotatable bonds is 9. The first-order valence-corrected chi connectivity index (χ1v) is 7.32. The summed E-state index contributed by atoms with van der Waals surface area (Å²) < 4.78 is 5.03. The lowest BCUT2D eigenvalue weighted by Gasteiger charge is -2.11. The van der Waals surface area contributed by atoms with Gasteiger partial charge in [0.15, 0.2) is 0 Å². The van der Waals surface area contributed by atoms with Gasteiger partial charge in [-0.3, -0.25) is 0 Å². The molecule has 108 valence electrons. The molecule has 0 aliphatic carbocycles. The molecule has 0 atom stereocenters. The van der Waals surface area contributed by atoms with Crippen LogP contribution in [0, 0.1) is 6.92 Å². The van der Waals surface area contributed by atoms with Crippen molar-refractivity contribution in [3.05, 3.63) is 16.5 Å². The maximum Gasteiger partial charge on any atom is 0.137 e. The maximum absolute atomic E-state index is 6.13. The van der Waals surface area contributed by atoms with Crippen molar-refractivity contribution in [2.45, 2.75) is 46.0 Å². The van der Waals surface area contributed by atoms with Crippen molar-refractivity contribution < 1.29 is 4.74 Å². The third-order valence-corrected chi connectivity index (χ3v) is 3.29. The third-order valence-electron chi connectivity index (χ3n) is 2.92. The minimum absolute atomic E-state index is 0.556. The first kappa shape index (κ1) is 16.2. The van der Waals surface area contributed by atoms with Crippen molar-refractivity contribution in [2.75, 3.05) is 25.6 Å². The number of unbranched alkanes of at least 4 members (excludes halogenated alkanes) is 2. The molecule has 0 spiro atoms. The summed E-state index contributed by atoms with van der Waals surface area (Å²) in [7, 11) is 1.74. The largest absolute Gasteiger partial charge is 0.385 e. The van der Waals surface area contributed by atoms with Gasteiger partial charge in [-0.25, -0.2) is 9.97 Å². The molecule has 19 heavy (non-hydrogen) atoms. The molecule has 1 rings (SSSR count). The van der Waals surface area contributed by atoms with Crippen LogP contribution in [-0.2, 0) is 11.2 Å². The van der Waals surface area contributed by atoms with E-state index in [1.54, 1.807) is 7.11 Å². The van der Waals surface area contributed by atoms with Crippen LogP contribution in [0.25, 0.3) is 0 Å². The van der Waals surface area contributed by atoms with E-state index >= 15 is 0 Å². The van der Waals surface area contributed by atoms with Gasteiger partial charge in [0.1, 0.15) is 16.8 Å². The first-order valence-electron chi connectivity index (χ1n) is 6.94. The monoisotopic (exact) mass is 285 g/mol. The van der Waals surface area contributed by atoms with Gasteiger partial charge in [-0.2, -0.15) is 0 Å².